The molecule has 138 heavy (non-hydrogen) atoms. The van der Waals surface area contributed by atoms with Gasteiger partial charge in [-0.3, -0.25) is 0 Å². The molecule has 0 bridgehead atoms. The van der Waals surface area contributed by atoms with Gasteiger partial charge in [0.15, 0.2) is 0 Å². The van der Waals surface area contributed by atoms with Gasteiger partial charge in [0.2, 0.25) is 0 Å². The lowest BCUT2D eigenvalue weighted by molar-refractivity contribution is 0.568. The normalized spacial score (nSPS) is 15.9. The minimum Gasteiger partial charge on any atom is -0.310 e. The largest absolute Gasteiger partial charge is 0.310 e. The Balaban J connectivity index is 1.33. The van der Waals surface area contributed by atoms with Crippen molar-refractivity contribution >= 4 is 79.0 Å². The zero-order valence-electron chi connectivity index (χ0n) is 109. The van der Waals surface area contributed by atoms with Crippen molar-refractivity contribution in [3.05, 3.63) is 308 Å². The van der Waals surface area contributed by atoms with Crippen molar-refractivity contribution in [2.45, 2.75) is 367 Å². The first-order valence-electron chi connectivity index (χ1n) is 59.2. The van der Waals surface area contributed by atoms with Gasteiger partial charge in [-0.2, -0.15) is 0 Å². The van der Waals surface area contributed by atoms with Crippen molar-refractivity contribution in [1.29, 1.82) is 0 Å². The molecule has 0 saturated heterocycles. The molecule has 3 heterocycles. The lowest BCUT2D eigenvalue weighted by atomic mass is 9.33. The maximum Gasteiger partial charge on any atom is 0.252 e. The average Bonchev–Trinajstić information content (AvgIpc) is 1.01. The highest BCUT2D eigenvalue weighted by atomic mass is 15.2. The number of rotatable bonds is 9. The maximum absolute atomic E-state index is 12.0. The molecule has 718 valence electrons. The molecule has 0 saturated carbocycles. The van der Waals surface area contributed by atoms with Crippen molar-refractivity contribution < 1.29 is 24.7 Å². The fourth-order valence-corrected chi connectivity index (χ4v) is 18.8. The minimum atomic E-state index is -1.24. The Bertz CT molecular complexity index is 8050. The highest BCUT2D eigenvalue weighted by Crippen LogP contribution is 2.58. The number of hydrogen-bond acceptors (Lipinski definition) is 2. The van der Waals surface area contributed by atoms with E-state index in [0.717, 1.165) is 60.8 Å². The molecule has 14 aromatic rings. The molecule has 1 aromatic heterocycles. The van der Waals surface area contributed by atoms with Gasteiger partial charge in [-0.1, -0.05) is 442 Å². The van der Waals surface area contributed by atoms with Crippen molar-refractivity contribution in [3.63, 3.8) is 0 Å². The van der Waals surface area contributed by atoms with E-state index in [-0.39, 0.29) is 196 Å². The van der Waals surface area contributed by atoms with E-state index in [2.05, 4.69) is 251 Å². The molecular formula is C134H164BN3. The van der Waals surface area contributed by atoms with E-state index in [1.807, 2.05) is 176 Å². The summed E-state index contributed by atoms with van der Waals surface area (Å²) in [5.41, 5.74) is 2.93. The van der Waals surface area contributed by atoms with E-state index in [1.54, 1.807) is 0 Å². The Hall–Kier alpha value is -10.7. The van der Waals surface area contributed by atoms with Crippen LogP contribution in [-0.2, 0) is 75.8 Å². The van der Waals surface area contributed by atoms with Crippen LogP contribution in [0.3, 0.4) is 0 Å². The summed E-state index contributed by atoms with van der Waals surface area (Å²) in [6.07, 6.45) is 0. The van der Waals surface area contributed by atoms with Crippen molar-refractivity contribution in [2.24, 2.45) is 0 Å². The van der Waals surface area contributed by atoms with Gasteiger partial charge in [-0.05, 0) is 293 Å². The fraction of sp³-hybridized carbons (Fsp3) is 0.418. The molecule has 0 N–H and O–H groups in total. The van der Waals surface area contributed by atoms with E-state index in [0.29, 0.717) is 61.5 Å². The van der Waals surface area contributed by atoms with Crippen LogP contribution in [0.1, 0.15) is 393 Å². The van der Waals surface area contributed by atoms with Crippen LogP contribution in [0.15, 0.2) is 230 Å². The first-order valence-corrected chi connectivity index (χ1v) is 50.2. The summed E-state index contributed by atoms with van der Waals surface area (Å²) < 4.78 is 205. The molecule has 0 amide bonds. The zero-order valence-corrected chi connectivity index (χ0v) is 91.5. The van der Waals surface area contributed by atoms with Gasteiger partial charge in [-0.25, -0.2) is 0 Å². The summed E-state index contributed by atoms with van der Waals surface area (Å²) in [6.45, 7) is 84.1. The van der Waals surface area contributed by atoms with Gasteiger partial charge in [0, 0.05) is 61.5 Å². The Labute approximate surface area is 860 Å². The molecule has 13 aromatic carbocycles. The second-order valence-electron chi connectivity index (χ2n) is 54.4. The van der Waals surface area contributed by atoms with Gasteiger partial charge in [0.1, 0.15) is 0 Å². The van der Waals surface area contributed by atoms with E-state index < -0.39 is 95.9 Å². The number of aromatic nitrogens is 1. The summed E-state index contributed by atoms with van der Waals surface area (Å²) in [5.74, 6) is 0. The lowest BCUT2D eigenvalue weighted by Gasteiger charge is -2.46. The quantitative estimate of drug-likeness (QED) is 0.133. The first kappa shape index (κ1) is 79.0. The molecule has 0 unspecified atom stereocenters. The van der Waals surface area contributed by atoms with Crippen molar-refractivity contribution in [1.82, 2.24) is 4.57 Å². The Kier molecular flexibility index (Phi) is 19.2. The molecule has 2 aliphatic rings. The summed E-state index contributed by atoms with van der Waals surface area (Å²) in [4.78, 5) is 4.04. The average molecular weight is 1850 g/mol. The molecule has 16 rings (SSSR count). The minimum absolute atomic E-state index is 0.0391. The van der Waals surface area contributed by atoms with E-state index in [4.69, 9.17) is 0 Å². The number of nitrogens with zero attached hydrogens (tertiary/aromatic N) is 3. The number of anilines is 6. The molecule has 0 atom stereocenters. The summed E-state index contributed by atoms with van der Waals surface area (Å²) in [6, 6.07) is 37.9. The number of hydrogen-bond donors (Lipinski definition) is 0. The second-order valence-corrected chi connectivity index (χ2v) is 54.4. The topological polar surface area (TPSA) is 11.4 Å². The highest BCUT2D eigenvalue weighted by Gasteiger charge is 2.48. The van der Waals surface area contributed by atoms with Crippen LogP contribution in [0.4, 0.5) is 34.1 Å². The smallest absolute Gasteiger partial charge is 0.252 e. The summed E-state index contributed by atoms with van der Waals surface area (Å²) in [5, 5.41) is 1.96. The van der Waals surface area contributed by atoms with Crippen LogP contribution in [0.5, 0.6) is 0 Å². The predicted molar refractivity (Wildman–Crippen MR) is 609 cm³/mol. The Morgan fingerprint density at radius 3 is 0.761 bits per heavy atom. The number of benzene rings is 13. The van der Waals surface area contributed by atoms with Crippen LogP contribution in [0, 0.1) is 0 Å². The SMILES string of the molecule is [2H]c1c([2H])c(C(C)(C)C)c([2H])c([2H])c1-c1c([2H])c(C(C)(C)C)c([2H])c(-c2c([2H])c(C(C)(C)C)c([2H])c(C(C)(C)C)c2[2H])c1N1c2cc(-c3cc(C(C)(C)C)cc(C(C)(C)C)c3)ccc2B2c3ccc(-n4c5ccc(C(C)(C)C)cc5c5cc(C(C)(C)C)ccc54)cc3N(c3c(-c4c([2H])c([2H])c(C(C)(C)C)c([2H])c4[2H])c([2H])c(C(C)(C)C)c([2H])c3-c3c([2H])c(C(C)(C)C)c([2H])c(C(C)(C)C)c3[2H])c3cc(-c4cc(C(C)(C)C)cc(C(C)(C)C)c4)cc1c32. The Morgan fingerprint density at radius 1 is 0.196 bits per heavy atom. The zero-order chi connectivity index (χ0) is 117. The second kappa shape index (κ2) is 33.5. The van der Waals surface area contributed by atoms with Crippen LogP contribution >= 0.6 is 0 Å². The van der Waals surface area contributed by atoms with Crippen LogP contribution in [0.2, 0.25) is 0 Å². The van der Waals surface area contributed by atoms with Gasteiger partial charge in [0.05, 0.1) is 47.1 Å². The van der Waals surface area contributed by atoms with Crippen molar-refractivity contribution in [2.75, 3.05) is 9.80 Å². The molecular weight excluding hydrogens is 1660 g/mol. The summed E-state index contributed by atoms with van der Waals surface area (Å²) in [7, 11) is 0. The van der Waals surface area contributed by atoms with Crippen molar-refractivity contribution in [3.8, 4) is 72.4 Å². The molecule has 0 fully saturated rings. The van der Waals surface area contributed by atoms with Crippen LogP contribution < -0.4 is 26.2 Å². The van der Waals surface area contributed by atoms with Gasteiger partial charge >= 0.3 is 0 Å². The highest BCUT2D eigenvalue weighted by molar-refractivity contribution is 7.00. The molecule has 0 spiro atoms. The predicted octanol–water partition coefficient (Wildman–Crippen LogP) is 37.0. The number of fused-ring (bicyclic) bond motifs is 7. The third-order valence-electron chi connectivity index (χ3n) is 28.0. The van der Waals surface area contributed by atoms with E-state index >= 15 is 0 Å². The molecule has 2 aliphatic heterocycles. The van der Waals surface area contributed by atoms with Crippen LogP contribution in [0.25, 0.3) is 94.3 Å². The first-order chi connectivity index (χ1) is 70.8. The molecule has 0 radical (unpaired) electrons. The van der Waals surface area contributed by atoms with E-state index in [1.165, 1.54) is 0 Å². The maximum atomic E-state index is 12.0. The monoisotopic (exact) mass is 1840 g/mol. The molecule has 0 aliphatic carbocycles. The Morgan fingerprint density at radius 2 is 0.457 bits per heavy atom. The van der Waals surface area contributed by atoms with Gasteiger partial charge < -0.3 is 14.4 Å². The third kappa shape index (κ3) is 19.2. The fourth-order valence-electron chi connectivity index (χ4n) is 18.8. The summed E-state index contributed by atoms with van der Waals surface area (Å²) >= 11 is 0. The van der Waals surface area contributed by atoms with E-state index in [9.17, 15) is 24.7 Å². The molecule has 4 heteroatoms. The lowest BCUT2D eigenvalue weighted by Crippen LogP contribution is -2.61. The molecule has 3 nitrogen and oxygen atoms in total. The van der Waals surface area contributed by atoms with Crippen LogP contribution in [-0.4, -0.2) is 11.3 Å². The third-order valence-corrected chi connectivity index (χ3v) is 28.0. The standard InChI is InChI=1S/C134H164BN3/c1-121(2,3)89-48-43-81(44-49-89)104-76-101(133(37,38)39)78-106(87-63-97(129(25,26)27)72-98(64-87)130(28,29)30)119(104)137-114-67-83(84-59-93(125(13,14)15)70-94(60-84)126(16,17)18)47-55-110(114)135-111-56-54-103(136-112-57-52-91(123(7,8)9)74-108(112)109-75-92(124(10,11)12)53-58-113(109)136)80-115(111)138(117-69-86(68-116(137)118(117)135)85-61-95(127(19,20)21)71-96(62-85)128(22,23)24)120-105(82-45-50-90(51-46-82)122(4,5)6)77-102(134(40,41)42)79-107(120)88-65-99(131(31,32)33)73-100(66-88)132(34,35)36/h43-80H,1-42H3/i43D,44D,45D,46D,48D,49D,50D,51D,63D,64D,65D,66D,72D,73D,76D,77D,78D,79D. The van der Waals surface area contributed by atoms with Gasteiger partial charge in [0.25, 0.3) is 6.71 Å². The van der Waals surface area contributed by atoms with Gasteiger partial charge in [-0.15, -0.1) is 0 Å².